The fourth-order valence-electron chi connectivity index (χ4n) is 1.32. The van der Waals surface area contributed by atoms with E-state index in [1.54, 1.807) is 7.11 Å². The van der Waals surface area contributed by atoms with Crippen LogP contribution in [0.4, 0.5) is 0 Å². The molecule has 0 saturated heterocycles. The molecule has 0 aliphatic rings. The number of rotatable bonds is 1. The lowest BCUT2D eigenvalue weighted by atomic mass is 10.1. The Hall–Kier alpha value is -0.500. The molecule has 0 spiro atoms. The molecule has 0 radical (unpaired) electrons. The molecule has 0 fully saturated rings. The summed E-state index contributed by atoms with van der Waals surface area (Å²) in [6.07, 6.45) is 0. The van der Waals surface area contributed by atoms with Gasteiger partial charge in [-0.05, 0) is 43.5 Å². The molecule has 2 heteroatoms. The minimum absolute atomic E-state index is 0.996. The highest BCUT2D eigenvalue weighted by Gasteiger charge is 2.07. The number of halogens is 1. The summed E-state index contributed by atoms with van der Waals surface area (Å²) in [7, 11) is 1.71. The first kappa shape index (κ1) is 9.59. The normalized spacial score (nSPS) is 10.1. The van der Waals surface area contributed by atoms with Crippen molar-refractivity contribution in [1.29, 1.82) is 0 Å². The summed E-state index contributed by atoms with van der Waals surface area (Å²) in [4.78, 5) is 0. The predicted octanol–water partition coefficient (Wildman–Crippen LogP) is 3.38. The van der Waals surface area contributed by atoms with Crippen molar-refractivity contribution in [2.24, 2.45) is 0 Å². The van der Waals surface area contributed by atoms with E-state index in [0.717, 1.165) is 10.2 Å². The van der Waals surface area contributed by atoms with Crippen LogP contribution in [0.25, 0.3) is 0 Å². The van der Waals surface area contributed by atoms with Gasteiger partial charge in [-0.15, -0.1) is 0 Å². The number of aryl methyl sites for hydroxylation is 1. The molecule has 0 saturated carbocycles. The van der Waals surface area contributed by atoms with Gasteiger partial charge < -0.3 is 4.74 Å². The van der Waals surface area contributed by atoms with E-state index in [2.05, 4.69) is 42.8 Å². The van der Waals surface area contributed by atoms with Crippen molar-refractivity contribution in [2.75, 3.05) is 7.11 Å². The fourth-order valence-corrected chi connectivity index (χ4v) is 1.96. The summed E-state index contributed by atoms with van der Waals surface area (Å²) in [5.74, 6) is 0.996. The quantitative estimate of drug-likeness (QED) is 0.717. The third-order valence-corrected chi connectivity index (χ3v) is 2.99. The van der Waals surface area contributed by atoms with Crippen LogP contribution in [-0.2, 0) is 0 Å². The Balaban J connectivity index is 3.40. The Bertz CT molecular complexity index is 305. The van der Waals surface area contributed by atoms with Crippen molar-refractivity contribution >= 4 is 15.9 Å². The van der Waals surface area contributed by atoms with Crippen molar-refractivity contribution in [3.8, 4) is 5.75 Å². The second-order valence-corrected chi connectivity index (χ2v) is 3.81. The number of hydrogen-bond acceptors (Lipinski definition) is 1. The Morgan fingerprint density at radius 2 is 1.75 bits per heavy atom. The van der Waals surface area contributed by atoms with Crippen LogP contribution in [0.3, 0.4) is 0 Å². The van der Waals surface area contributed by atoms with E-state index in [4.69, 9.17) is 4.74 Å². The maximum Gasteiger partial charge on any atom is 0.125 e. The van der Waals surface area contributed by atoms with E-state index in [-0.39, 0.29) is 0 Å². The zero-order valence-electron chi connectivity index (χ0n) is 7.86. The molecule has 0 aliphatic heterocycles. The molecule has 1 nitrogen and oxygen atoms in total. The molecular formula is C10H13BrO. The van der Waals surface area contributed by atoms with Crippen molar-refractivity contribution in [2.45, 2.75) is 20.8 Å². The third kappa shape index (κ3) is 1.48. The van der Waals surface area contributed by atoms with Crippen LogP contribution in [0, 0.1) is 20.8 Å². The average molecular weight is 229 g/mol. The summed E-state index contributed by atoms with van der Waals surface area (Å²) in [5, 5.41) is 0. The molecule has 1 aromatic rings. The summed E-state index contributed by atoms with van der Waals surface area (Å²) in [6.45, 7) is 6.21. The van der Waals surface area contributed by atoms with Crippen LogP contribution in [-0.4, -0.2) is 7.11 Å². The van der Waals surface area contributed by atoms with Crippen LogP contribution in [0.5, 0.6) is 5.75 Å². The van der Waals surface area contributed by atoms with Crippen molar-refractivity contribution in [3.63, 3.8) is 0 Å². The average Bonchev–Trinajstić information content (AvgIpc) is 2.01. The van der Waals surface area contributed by atoms with E-state index < -0.39 is 0 Å². The summed E-state index contributed by atoms with van der Waals surface area (Å²) >= 11 is 3.50. The zero-order valence-corrected chi connectivity index (χ0v) is 9.45. The molecule has 1 aromatic carbocycles. The summed E-state index contributed by atoms with van der Waals surface area (Å²) in [5.41, 5.74) is 3.63. The monoisotopic (exact) mass is 228 g/mol. The smallest absolute Gasteiger partial charge is 0.125 e. The van der Waals surface area contributed by atoms with Gasteiger partial charge in [0, 0.05) is 4.47 Å². The van der Waals surface area contributed by atoms with Crippen molar-refractivity contribution in [1.82, 2.24) is 0 Å². The van der Waals surface area contributed by atoms with Gasteiger partial charge in [0.25, 0.3) is 0 Å². The standard InChI is InChI=1S/C10H13BrO/c1-6-5-9(11)7(2)8(3)10(6)12-4/h5H,1-4H3. The number of ether oxygens (including phenoxy) is 1. The maximum atomic E-state index is 5.29. The van der Waals surface area contributed by atoms with Gasteiger partial charge in [-0.3, -0.25) is 0 Å². The predicted molar refractivity (Wildman–Crippen MR) is 54.9 cm³/mol. The summed E-state index contributed by atoms with van der Waals surface area (Å²) < 4.78 is 6.44. The van der Waals surface area contributed by atoms with Gasteiger partial charge in [-0.1, -0.05) is 15.9 Å². The molecule has 0 bridgehead atoms. The topological polar surface area (TPSA) is 9.23 Å². The minimum atomic E-state index is 0.996. The first-order chi connectivity index (χ1) is 5.57. The van der Waals surface area contributed by atoms with Gasteiger partial charge in [-0.2, -0.15) is 0 Å². The van der Waals surface area contributed by atoms with E-state index in [1.807, 2.05) is 0 Å². The highest BCUT2D eigenvalue weighted by molar-refractivity contribution is 9.10. The van der Waals surface area contributed by atoms with E-state index >= 15 is 0 Å². The Morgan fingerprint density at radius 3 is 2.25 bits per heavy atom. The van der Waals surface area contributed by atoms with Crippen LogP contribution < -0.4 is 4.74 Å². The minimum Gasteiger partial charge on any atom is -0.496 e. The zero-order chi connectivity index (χ0) is 9.30. The number of benzene rings is 1. The lowest BCUT2D eigenvalue weighted by Gasteiger charge is -2.12. The van der Waals surface area contributed by atoms with Gasteiger partial charge in [-0.25, -0.2) is 0 Å². The van der Waals surface area contributed by atoms with Crippen LogP contribution in [0.2, 0.25) is 0 Å². The van der Waals surface area contributed by atoms with E-state index in [0.29, 0.717) is 0 Å². The van der Waals surface area contributed by atoms with E-state index in [1.165, 1.54) is 16.7 Å². The largest absolute Gasteiger partial charge is 0.496 e. The highest BCUT2D eigenvalue weighted by Crippen LogP contribution is 2.30. The first-order valence-corrected chi connectivity index (χ1v) is 4.67. The van der Waals surface area contributed by atoms with Gasteiger partial charge in [0.15, 0.2) is 0 Å². The second-order valence-electron chi connectivity index (χ2n) is 2.96. The molecule has 0 heterocycles. The lowest BCUT2D eigenvalue weighted by Crippen LogP contribution is -1.94. The molecule has 1 rings (SSSR count). The first-order valence-electron chi connectivity index (χ1n) is 3.88. The van der Waals surface area contributed by atoms with Crippen LogP contribution in [0.1, 0.15) is 16.7 Å². The molecule has 0 amide bonds. The molecule has 0 aromatic heterocycles. The molecule has 0 aliphatic carbocycles. The van der Waals surface area contributed by atoms with Crippen molar-refractivity contribution < 1.29 is 4.74 Å². The molecule has 0 atom stereocenters. The molecule has 0 N–H and O–H groups in total. The maximum absolute atomic E-state index is 5.29. The molecule has 0 unspecified atom stereocenters. The van der Waals surface area contributed by atoms with Gasteiger partial charge in [0.05, 0.1) is 7.11 Å². The van der Waals surface area contributed by atoms with Crippen LogP contribution >= 0.6 is 15.9 Å². The molecular weight excluding hydrogens is 216 g/mol. The van der Waals surface area contributed by atoms with Gasteiger partial charge >= 0.3 is 0 Å². The SMILES string of the molecule is COc1c(C)cc(Br)c(C)c1C. The van der Waals surface area contributed by atoms with Gasteiger partial charge in [0.2, 0.25) is 0 Å². The van der Waals surface area contributed by atoms with E-state index in [9.17, 15) is 0 Å². The van der Waals surface area contributed by atoms with Gasteiger partial charge in [0.1, 0.15) is 5.75 Å². The fraction of sp³-hybridized carbons (Fsp3) is 0.400. The summed E-state index contributed by atoms with van der Waals surface area (Å²) in [6, 6.07) is 2.08. The van der Waals surface area contributed by atoms with Crippen LogP contribution in [0.15, 0.2) is 10.5 Å². The lowest BCUT2D eigenvalue weighted by molar-refractivity contribution is 0.408. The highest BCUT2D eigenvalue weighted by atomic mass is 79.9. The third-order valence-electron chi connectivity index (χ3n) is 2.17. The number of methoxy groups -OCH3 is 1. The Morgan fingerprint density at radius 1 is 1.17 bits per heavy atom. The molecule has 66 valence electrons. The Labute approximate surface area is 81.9 Å². The van der Waals surface area contributed by atoms with Crippen molar-refractivity contribution in [3.05, 3.63) is 27.2 Å². The second kappa shape index (κ2) is 3.48. The molecule has 12 heavy (non-hydrogen) atoms. The number of hydrogen-bond donors (Lipinski definition) is 0. The Kier molecular flexibility index (Phi) is 2.78.